The smallest absolute Gasteiger partial charge is 0.329 e. The average Bonchev–Trinajstić information content (AvgIpc) is 2.80. The zero-order chi connectivity index (χ0) is 15.7. The second-order valence-corrected chi connectivity index (χ2v) is 7.20. The second kappa shape index (κ2) is 5.95. The van der Waals surface area contributed by atoms with Crippen molar-refractivity contribution in [3.63, 3.8) is 0 Å². The summed E-state index contributed by atoms with van der Waals surface area (Å²) in [5.41, 5.74) is -0.811. The highest BCUT2D eigenvalue weighted by molar-refractivity contribution is 5.86. The van der Waals surface area contributed by atoms with Crippen LogP contribution >= 0.6 is 0 Å². The summed E-state index contributed by atoms with van der Waals surface area (Å²) >= 11 is 0. The van der Waals surface area contributed by atoms with E-state index >= 15 is 0 Å². The summed E-state index contributed by atoms with van der Waals surface area (Å²) in [7, 11) is 1.67. The van der Waals surface area contributed by atoms with Crippen molar-refractivity contribution < 1.29 is 19.1 Å². The Morgan fingerprint density at radius 3 is 2.38 bits per heavy atom. The minimum absolute atomic E-state index is 0.0184. The van der Waals surface area contributed by atoms with Gasteiger partial charge in [-0.3, -0.25) is 4.79 Å². The van der Waals surface area contributed by atoms with Crippen molar-refractivity contribution in [3.05, 3.63) is 0 Å². The van der Waals surface area contributed by atoms with Gasteiger partial charge in [-0.05, 0) is 52.9 Å². The molecule has 0 unspecified atom stereocenters. The predicted octanol–water partition coefficient (Wildman–Crippen LogP) is 2.28. The molecule has 0 radical (unpaired) electrons. The van der Waals surface area contributed by atoms with Crippen LogP contribution in [0.4, 0.5) is 0 Å². The quantitative estimate of drug-likeness (QED) is 0.747. The van der Waals surface area contributed by atoms with Crippen molar-refractivity contribution in [3.8, 4) is 0 Å². The number of rotatable bonds is 4. The number of amides is 1. The Balaban J connectivity index is 1.98. The standard InChI is InChI=1S/C16H27NO4/c1-15(2,3)21-14(19)12-7-5-10-17(12)13(18)11-16(20-4)8-6-9-16/h12H,5-11H2,1-4H3/t12-/m0/s1. The molecule has 1 amide bonds. The van der Waals surface area contributed by atoms with E-state index in [-0.39, 0.29) is 17.5 Å². The van der Waals surface area contributed by atoms with Crippen LogP contribution in [0.15, 0.2) is 0 Å². The molecule has 0 bridgehead atoms. The minimum atomic E-state index is -0.518. The number of methoxy groups -OCH3 is 1. The van der Waals surface area contributed by atoms with Gasteiger partial charge < -0.3 is 14.4 Å². The van der Waals surface area contributed by atoms with Gasteiger partial charge in [-0.25, -0.2) is 4.79 Å². The fraction of sp³-hybridized carbons (Fsp3) is 0.875. The van der Waals surface area contributed by atoms with Crippen molar-refractivity contribution >= 4 is 11.9 Å². The summed E-state index contributed by atoms with van der Waals surface area (Å²) in [4.78, 5) is 26.5. The summed E-state index contributed by atoms with van der Waals surface area (Å²) < 4.78 is 11.0. The Bertz CT molecular complexity index is 403. The van der Waals surface area contributed by atoms with Crippen LogP contribution in [0.25, 0.3) is 0 Å². The average molecular weight is 297 g/mol. The van der Waals surface area contributed by atoms with Gasteiger partial charge in [0.05, 0.1) is 12.0 Å². The molecule has 5 heteroatoms. The second-order valence-electron chi connectivity index (χ2n) is 7.20. The summed E-state index contributed by atoms with van der Waals surface area (Å²) in [5.74, 6) is -0.265. The zero-order valence-corrected chi connectivity index (χ0v) is 13.6. The number of ether oxygens (including phenoxy) is 2. The molecule has 0 aromatic carbocycles. The van der Waals surface area contributed by atoms with Crippen molar-refractivity contribution in [2.24, 2.45) is 0 Å². The Morgan fingerprint density at radius 1 is 1.24 bits per heavy atom. The molecule has 2 fully saturated rings. The van der Waals surface area contributed by atoms with Gasteiger partial charge in [0.15, 0.2) is 0 Å². The molecule has 2 aliphatic rings. The molecule has 1 saturated carbocycles. The maximum atomic E-state index is 12.5. The largest absolute Gasteiger partial charge is 0.458 e. The maximum absolute atomic E-state index is 12.5. The van der Waals surface area contributed by atoms with Crippen LogP contribution in [0.3, 0.4) is 0 Å². The van der Waals surface area contributed by atoms with Crippen LogP contribution in [0.1, 0.15) is 59.3 Å². The lowest BCUT2D eigenvalue weighted by Gasteiger charge is -2.41. The lowest BCUT2D eigenvalue weighted by molar-refractivity contribution is -0.165. The van der Waals surface area contributed by atoms with Gasteiger partial charge in [-0.1, -0.05) is 0 Å². The molecule has 0 aromatic rings. The topological polar surface area (TPSA) is 55.8 Å². The summed E-state index contributed by atoms with van der Waals surface area (Å²) in [6, 6.07) is -0.425. The van der Waals surface area contributed by atoms with Gasteiger partial charge in [-0.2, -0.15) is 0 Å². The number of likely N-dealkylation sites (tertiary alicyclic amines) is 1. The van der Waals surface area contributed by atoms with E-state index in [1.54, 1.807) is 12.0 Å². The lowest BCUT2D eigenvalue weighted by Crippen LogP contribution is -2.48. The number of carbonyl (C=O) groups excluding carboxylic acids is 2. The first-order valence-corrected chi connectivity index (χ1v) is 7.84. The Morgan fingerprint density at radius 2 is 1.90 bits per heavy atom. The third kappa shape index (κ3) is 3.76. The molecular weight excluding hydrogens is 270 g/mol. The Kier molecular flexibility index (Phi) is 4.61. The lowest BCUT2D eigenvalue weighted by atomic mass is 9.77. The first-order chi connectivity index (χ1) is 9.76. The SMILES string of the molecule is COC1(CC(=O)N2CCC[C@H]2C(=O)OC(C)(C)C)CCC1. The molecule has 1 atom stereocenters. The number of nitrogens with zero attached hydrogens (tertiary/aromatic N) is 1. The van der Waals surface area contributed by atoms with Crippen LogP contribution in [-0.2, 0) is 19.1 Å². The van der Waals surface area contributed by atoms with Gasteiger partial charge >= 0.3 is 5.97 Å². The molecule has 21 heavy (non-hydrogen) atoms. The molecule has 1 aliphatic heterocycles. The molecule has 0 N–H and O–H groups in total. The van der Waals surface area contributed by atoms with E-state index in [9.17, 15) is 9.59 Å². The fourth-order valence-corrected chi connectivity index (χ4v) is 3.08. The van der Waals surface area contributed by atoms with Crippen LogP contribution in [0.5, 0.6) is 0 Å². The summed E-state index contributed by atoms with van der Waals surface area (Å²) in [5, 5.41) is 0. The Labute approximate surface area is 127 Å². The van der Waals surface area contributed by atoms with Crippen LogP contribution in [0.2, 0.25) is 0 Å². The molecule has 1 heterocycles. The molecule has 5 nitrogen and oxygen atoms in total. The van der Waals surface area contributed by atoms with Gasteiger partial charge in [0.25, 0.3) is 0 Å². The molecule has 0 aromatic heterocycles. The van der Waals surface area contributed by atoms with Gasteiger partial charge in [0.2, 0.25) is 5.91 Å². The number of esters is 1. The zero-order valence-electron chi connectivity index (χ0n) is 13.6. The third-order valence-corrected chi connectivity index (χ3v) is 4.42. The van der Waals surface area contributed by atoms with Crippen LogP contribution in [-0.4, -0.2) is 47.7 Å². The van der Waals surface area contributed by atoms with Crippen molar-refractivity contribution in [1.29, 1.82) is 0 Å². The highest BCUT2D eigenvalue weighted by Crippen LogP contribution is 2.39. The van der Waals surface area contributed by atoms with E-state index < -0.39 is 11.6 Å². The van der Waals surface area contributed by atoms with Gasteiger partial charge in [0.1, 0.15) is 11.6 Å². The molecule has 120 valence electrons. The highest BCUT2D eigenvalue weighted by atomic mass is 16.6. The first kappa shape index (κ1) is 16.3. The van der Waals surface area contributed by atoms with Crippen LogP contribution < -0.4 is 0 Å². The summed E-state index contributed by atoms with van der Waals surface area (Å²) in [6.07, 6.45) is 4.90. The van der Waals surface area contributed by atoms with E-state index in [0.29, 0.717) is 19.4 Å². The van der Waals surface area contributed by atoms with Crippen molar-refractivity contribution in [1.82, 2.24) is 4.90 Å². The highest BCUT2D eigenvalue weighted by Gasteiger charge is 2.43. The van der Waals surface area contributed by atoms with E-state index in [1.165, 1.54) is 0 Å². The van der Waals surface area contributed by atoms with Crippen molar-refractivity contribution in [2.75, 3.05) is 13.7 Å². The van der Waals surface area contributed by atoms with E-state index in [4.69, 9.17) is 9.47 Å². The first-order valence-electron chi connectivity index (χ1n) is 7.84. The van der Waals surface area contributed by atoms with Crippen LogP contribution in [0, 0.1) is 0 Å². The van der Waals surface area contributed by atoms with Gasteiger partial charge in [-0.15, -0.1) is 0 Å². The Hall–Kier alpha value is -1.10. The van der Waals surface area contributed by atoms with E-state index in [2.05, 4.69) is 0 Å². The third-order valence-electron chi connectivity index (χ3n) is 4.42. The molecule has 0 spiro atoms. The normalized spacial score (nSPS) is 24.6. The fourth-order valence-electron chi connectivity index (χ4n) is 3.08. The predicted molar refractivity (Wildman–Crippen MR) is 78.8 cm³/mol. The van der Waals surface area contributed by atoms with Gasteiger partial charge in [0, 0.05) is 13.7 Å². The molecular formula is C16H27NO4. The number of carbonyl (C=O) groups is 2. The maximum Gasteiger partial charge on any atom is 0.329 e. The van der Waals surface area contributed by atoms with Crippen molar-refractivity contribution in [2.45, 2.75) is 76.5 Å². The molecule has 1 aliphatic carbocycles. The monoisotopic (exact) mass is 297 g/mol. The van der Waals surface area contributed by atoms with E-state index in [0.717, 1.165) is 25.7 Å². The minimum Gasteiger partial charge on any atom is -0.458 e. The number of hydrogen-bond donors (Lipinski definition) is 0. The number of hydrogen-bond acceptors (Lipinski definition) is 4. The molecule has 1 saturated heterocycles. The summed E-state index contributed by atoms with van der Waals surface area (Å²) in [6.45, 7) is 6.18. The van der Waals surface area contributed by atoms with E-state index in [1.807, 2.05) is 20.8 Å². The molecule has 2 rings (SSSR count).